The Hall–Kier alpha value is -3.84. The van der Waals surface area contributed by atoms with E-state index >= 15 is 0 Å². The number of amides is 2. The second kappa shape index (κ2) is 16.1. The minimum atomic E-state index is -0.698. The van der Waals surface area contributed by atoms with Crippen LogP contribution in [-0.4, -0.2) is 47.8 Å². The number of hydrazine groups is 1. The second-order valence-electron chi connectivity index (χ2n) is 9.13. The van der Waals surface area contributed by atoms with Gasteiger partial charge in [0.15, 0.2) is 0 Å². The third kappa shape index (κ3) is 9.90. The second-order valence-corrected chi connectivity index (χ2v) is 9.13. The Labute approximate surface area is 226 Å². The van der Waals surface area contributed by atoms with Crippen LogP contribution in [0.5, 0.6) is 0 Å². The number of carbonyl (C=O) groups is 2. The van der Waals surface area contributed by atoms with Crippen molar-refractivity contribution in [2.45, 2.75) is 52.4 Å². The Morgan fingerprint density at radius 2 is 1.29 bits per heavy atom. The molecule has 0 aliphatic rings. The van der Waals surface area contributed by atoms with E-state index in [1.807, 2.05) is 73.7 Å². The molecule has 0 radical (unpaired) electrons. The van der Waals surface area contributed by atoms with Crippen LogP contribution >= 0.6 is 0 Å². The van der Waals surface area contributed by atoms with Crippen LogP contribution in [-0.2, 0) is 29.1 Å². The van der Waals surface area contributed by atoms with Crippen LogP contribution in [0.25, 0.3) is 0 Å². The van der Waals surface area contributed by atoms with Crippen LogP contribution in [0.1, 0.15) is 43.4 Å². The zero-order valence-electron chi connectivity index (χ0n) is 22.4. The van der Waals surface area contributed by atoms with Crippen molar-refractivity contribution in [1.29, 1.82) is 0 Å². The summed E-state index contributed by atoms with van der Waals surface area (Å²) in [7, 11) is 0. The Morgan fingerprint density at radius 1 is 0.763 bits per heavy atom. The molecule has 3 aromatic rings. The molecule has 1 atom stereocenters. The Kier molecular flexibility index (Phi) is 12.2. The molecule has 38 heavy (non-hydrogen) atoms. The number of hydrogen-bond acceptors (Lipinski definition) is 5. The van der Waals surface area contributed by atoms with E-state index in [4.69, 9.17) is 9.47 Å². The number of aryl methyl sites for hydroxylation is 1. The van der Waals surface area contributed by atoms with E-state index in [9.17, 15) is 9.59 Å². The summed E-state index contributed by atoms with van der Waals surface area (Å²) in [5.74, 6) is 0. The SMILES string of the molecule is CCC(CN(CC)CCCc1ccccc1)N(NC(=O)OCc1ccccc1)C(=O)OCc1ccccc1. The highest BCUT2D eigenvalue weighted by atomic mass is 16.6. The minimum Gasteiger partial charge on any atom is -0.443 e. The highest BCUT2D eigenvalue weighted by Crippen LogP contribution is 2.12. The lowest BCUT2D eigenvalue weighted by atomic mass is 10.1. The van der Waals surface area contributed by atoms with Gasteiger partial charge >= 0.3 is 12.2 Å². The standard InChI is InChI=1S/C31H39N3O4/c1-3-29(23-33(4-2)22-14-21-26-15-8-5-9-16-26)34(31(36)38-25-28-19-12-7-13-20-28)32-30(35)37-24-27-17-10-6-11-18-27/h5-13,15-20,29H,3-4,14,21-25H2,1-2H3,(H,32,35). The van der Waals surface area contributed by atoms with Crippen LogP contribution in [0.2, 0.25) is 0 Å². The molecule has 0 saturated heterocycles. The summed E-state index contributed by atoms with van der Waals surface area (Å²) in [6.45, 7) is 6.63. The molecular formula is C31H39N3O4. The van der Waals surface area contributed by atoms with Gasteiger partial charge in [-0.15, -0.1) is 0 Å². The van der Waals surface area contributed by atoms with Crippen molar-refractivity contribution in [2.75, 3.05) is 19.6 Å². The number of ether oxygens (including phenoxy) is 2. The molecule has 3 rings (SSSR count). The quantitative estimate of drug-likeness (QED) is 0.273. The first-order chi connectivity index (χ1) is 18.6. The predicted octanol–water partition coefficient (Wildman–Crippen LogP) is 6.20. The molecule has 0 spiro atoms. The number of nitrogens with zero attached hydrogens (tertiary/aromatic N) is 2. The average molecular weight is 518 g/mol. The van der Waals surface area contributed by atoms with Crippen molar-refractivity contribution in [1.82, 2.24) is 15.3 Å². The molecule has 0 fully saturated rings. The van der Waals surface area contributed by atoms with Gasteiger partial charge in [0.1, 0.15) is 13.2 Å². The van der Waals surface area contributed by atoms with Gasteiger partial charge in [-0.25, -0.2) is 20.0 Å². The van der Waals surface area contributed by atoms with Crippen molar-refractivity contribution in [3.05, 3.63) is 108 Å². The maximum Gasteiger partial charge on any atom is 0.429 e. The van der Waals surface area contributed by atoms with E-state index in [1.165, 1.54) is 10.6 Å². The van der Waals surface area contributed by atoms with Gasteiger partial charge in [0, 0.05) is 6.54 Å². The van der Waals surface area contributed by atoms with E-state index < -0.39 is 12.2 Å². The van der Waals surface area contributed by atoms with Crippen LogP contribution in [0, 0.1) is 0 Å². The Balaban J connectivity index is 1.63. The van der Waals surface area contributed by atoms with E-state index in [1.54, 1.807) is 0 Å². The van der Waals surface area contributed by atoms with E-state index in [2.05, 4.69) is 41.5 Å². The first-order valence-electron chi connectivity index (χ1n) is 13.3. The first kappa shape index (κ1) is 28.7. The van der Waals surface area contributed by atoms with Crippen LogP contribution in [0.4, 0.5) is 9.59 Å². The Morgan fingerprint density at radius 3 is 1.82 bits per heavy atom. The normalized spacial score (nSPS) is 11.6. The molecule has 0 aromatic heterocycles. The van der Waals surface area contributed by atoms with Gasteiger partial charge in [-0.3, -0.25) is 0 Å². The molecule has 7 heteroatoms. The first-order valence-corrected chi connectivity index (χ1v) is 13.3. The van der Waals surface area contributed by atoms with E-state index in [0.29, 0.717) is 13.0 Å². The van der Waals surface area contributed by atoms with Gasteiger partial charge in [0.25, 0.3) is 0 Å². The molecule has 3 aromatic carbocycles. The summed E-state index contributed by atoms with van der Waals surface area (Å²) in [5, 5.41) is 1.29. The van der Waals surface area contributed by atoms with Gasteiger partial charge in [-0.1, -0.05) is 105 Å². The third-order valence-corrected chi connectivity index (χ3v) is 6.36. The summed E-state index contributed by atoms with van der Waals surface area (Å²) in [6, 6.07) is 29.0. The summed E-state index contributed by atoms with van der Waals surface area (Å²) in [4.78, 5) is 28.2. The zero-order valence-corrected chi connectivity index (χ0v) is 22.4. The van der Waals surface area contributed by atoms with Crippen molar-refractivity contribution >= 4 is 12.2 Å². The molecule has 0 saturated carbocycles. The average Bonchev–Trinajstić information content (AvgIpc) is 2.97. The summed E-state index contributed by atoms with van der Waals surface area (Å²) >= 11 is 0. The zero-order chi connectivity index (χ0) is 27.0. The molecule has 0 aliphatic heterocycles. The molecule has 2 amide bonds. The third-order valence-electron chi connectivity index (χ3n) is 6.36. The Bertz CT molecular complexity index is 1080. The van der Waals surface area contributed by atoms with Gasteiger partial charge in [-0.2, -0.15) is 0 Å². The number of hydrogen-bond donors (Lipinski definition) is 1. The fraction of sp³-hybridized carbons (Fsp3) is 0.355. The molecular weight excluding hydrogens is 478 g/mol. The molecule has 0 aliphatic carbocycles. The fourth-order valence-electron chi connectivity index (χ4n) is 4.15. The van der Waals surface area contributed by atoms with Crippen LogP contribution in [0.15, 0.2) is 91.0 Å². The topological polar surface area (TPSA) is 71.1 Å². The summed E-state index contributed by atoms with van der Waals surface area (Å²) < 4.78 is 11.0. The maximum atomic E-state index is 13.2. The molecule has 1 unspecified atom stereocenters. The van der Waals surface area contributed by atoms with Crippen molar-refractivity contribution < 1.29 is 19.1 Å². The molecule has 7 nitrogen and oxygen atoms in total. The molecule has 202 valence electrons. The summed E-state index contributed by atoms with van der Waals surface area (Å²) in [6.07, 6.45) is 1.31. The number of likely N-dealkylation sites (N-methyl/N-ethyl adjacent to an activating group) is 1. The van der Waals surface area contributed by atoms with Crippen molar-refractivity contribution in [3.8, 4) is 0 Å². The van der Waals surface area contributed by atoms with Crippen LogP contribution < -0.4 is 5.43 Å². The minimum absolute atomic E-state index is 0.108. The van der Waals surface area contributed by atoms with Crippen LogP contribution in [0.3, 0.4) is 0 Å². The molecule has 1 N–H and O–H groups in total. The number of carbonyl (C=O) groups excluding carboxylic acids is 2. The highest BCUT2D eigenvalue weighted by molar-refractivity contribution is 5.74. The summed E-state index contributed by atoms with van der Waals surface area (Å²) in [5.41, 5.74) is 5.70. The van der Waals surface area contributed by atoms with Gasteiger partial charge in [0.05, 0.1) is 6.04 Å². The number of benzene rings is 3. The monoisotopic (exact) mass is 517 g/mol. The number of nitrogens with one attached hydrogen (secondary N) is 1. The van der Waals surface area contributed by atoms with E-state index in [0.717, 1.165) is 37.1 Å². The lowest BCUT2D eigenvalue weighted by molar-refractivity contribution is 0.0366. The van der Waals surface area contributed by atoms with Crippen molar-refractivity contribution in [3.63, 3.8) is 0 Å². The predicted molar refractivity (Wildman–Crippen MR) is 149 cm³/mol. The van der Waals surface area contributed by atoms with Crippen molar-refractivity contribution in [2.24, 2.45) is 0 Å². The van der Waals surface area contributed by atoms with Gasteiger partial charge < -0.3 is 14.4 Å². The van der Waals surface area contributed by atoms with Gasteiger partial charge in [0.2, 0.25) is 0 Å². The fourth-order valence-corrected chi connectivity index (χ4v) is 4.15. The molecule has 0 bridgehead atoms. The van der Waals surface area contributed by atoms with Gasteiger partial charge in [-0.05, 0) is 49.0 Å². The highest BCUT2D eigenvalue weighted by Gasteiger charge is 2.28. The smallest absolute Gasteiger partial charge is 0.429 e. The largest absolute Gasteiger partial charge is 0.443 e. The maximum absolute atomic E-state index is 13.2. The molecule has 0 heterocycles. The number of rotatable bonds is 13. The lowest BCUT2D eigenvalue weighted by Crippen LogP contribution is -2.55. The van der Waals surface area contributed by atoms with E-state index in [-0.39, 0.29) is 19.3 Å². The lowest BCUT2D eigenvalue weighted by Gasteiger charge is -2.33.